The molecule has 216 valence electrons. The number of benzene rings is 3. The van der Waals surface area contributed by atoms with Gasteiger partial charge >= 0.3 is 6.03 Å². The molecule has 0 fully saturated rings. The second kappa shape index (κ2) is 11.8. The summed E-state index contributed by atoms with van der Waals surface area (Å²) in [5, 5.41) is 8.81. The zero-order valence-electron chi connectivity index (χ0n) is 23.6. The number of amides is 3. The van der Waals surface area contributed by atoms with Crippen LogP contribution in [0.5, 0.6) is 11.5 Å². The van der Waals surface area contributed by atoms with E-state index in [0.717, 1.165) is 6.54 Å². The maximum absolute atomic E-state index is 14.5. The van der Waals surface area contributed by atoms with Crippen LogP contribution in [-0.2, 0) is 0 Å². The number of H-pyrrole nitrogens is 1. The van der Waals surface area contributed by atoms with Crippen molar-refractivity contribution in [1.29, 1.82) is 0 Å². The van der Waals surface area contributed by atoms with Crippen molar-refractivity contribution in [1.82, 2.24) is 15.2 Å². The van der Waals surface area contributed by atoms with Crippen LogP contribution in [0.3, 0.4) is 0 Å². The number of carbonyl (C=O) groups excluding carboxylic acids is 3. The van der Waals surface area contributed by atoms with E-state index >= 15 is 0 Å². The van der Waals surface area contributed by atoms with Crippen LogP contribution in [0.1, 0.15) is 32.0 Å². The highest BCUT2D eigenvalue weighted by Gasteiger charge is 2.28. The second-order valence-electron chi connectivity index (χ2n) is 10.1. The van der Waals surface area contributed by atoms with Gasteiger partial charge in [-0.25, -0.2) is 9.18 Å². The van der Waals surface area contributed by atoms with Gasteiger partial charge in [-0.15, -0.1) is 0 Å². The number of ether oxygens (including phenoxy) is 2. The fourth-order valence-electron chi connectivity index (χ4n) is 4.57. The van der Waals surface area contributed by atoms with Crippen molar-refractivity contribution in [2.45, 2.75) is 6.92 Å². The smallest absolute Gasteiger partial charge is 0.323 e. The molecule has 1 aliphatic heterocycles. The molecule has 0 spiro atoms. The van der Waals surface area contributed by atoms with Gasteiger partial charge in [0.15, 0.2) is 11.6 Å². The minimum absolute atomic E-state index is 0.0738. The van der Waals surface area contributed by atoms with E-state index in [-0.39, 0.29) is 23.0 Å². The van der Waals surface area contributed by atoms with Crippen molar-refractivity contribution in [3.8, 4) is 11.5 Å². The maximum Gasteiger partial charge on any atom is 0.323 e. The minimum Gasteiger partial charge on any atom is -0.497 e. The van der Waals surface area contributed by atoms with Crippen molar-refractivity contribution >= 4 is 46.1 Å². The van der Waals surface area contributed by atoms with Crippen molar-refractivity contribution in [2.75, 3.05) is 44.9 Å². The summed E-state index contributed by atoms with van der Waals surface area (Å²) in [4.78, 5) is 43.1. The topological polar surface area (TPSA) is 125 Å². The summed E-state index contributed by atoms with van der Waals surface area (Å²) in [6.07, 6.45) is 1.57. The van der Waals surface area contributed by atoms with E-state index in [1.165, 1.54) is 19.2 Å². The third-order valence-corrected chi connectivity index (χ3v) is 6.76. The Morgan fingerprint density at radius 1 is 1.05 bits per heavy atom. The number of aromatic nitrogens is 1. The van der Waals surface area contributed by atoms with Crippen LogP contribution in [0.25, 0.3) is 17.0 Å². The largest absolute Gasteiger partial charge is 0.497 e. The zero-order valence-corrected chi connectivity index (χ0v) is 23.6. The minimum atomic E-state index is -0.523. The third-order valence-electron chi connectivity index (χ3n) is 6.76. The lowest BCUT2D eigenvalue weighted by Crippen LogP contribution is -2.31. The molecule has 5 rings (SSSR count). The number of anilines is 2. The summed E-state index contributed by atoms with van der Waals surface area (Å²) in [5.41, 5.74) is 3.21. The average Bonchev–Trinajstić information content (AvgIpc) is 3.44. The predicted molar refractivity (Wildman–Crippen MR) is 159 cm³/mol. The molecule has 0 bridgehead atoms. The quantitative estimate of drug-likeness (QED) is 0.216. The Labute approximate surface area is 241 Å². The van der Waals surface area contributed by atoms with Crippen molar-refractivity contribution in [2.24, 2.45) is 0 Å². The van der Waals surface area contributed by atoms with Crippen LogP contribution in [-0.4, -0.2) is 61.9 Å². The number of urea groups is 1. The van der Waals surface area contributed by atoms with E-state index in [9.17, 15) is 18.8 Å². The number of hydrogen-bond acceptors (Lipinski definition) is 6. The molecule has 0 saturated heterocycles. The number of carbonyl (C=O) groups is 3. The van der Waals surface area contributed by atoms with Gasteiger partial charge in [0.25, 0.3) is 5.91 Å². The molecular formula is C31H30FN5O5. The van der Waals surface area contributed by atoms with E-state index in [1.807, 2.05) is 19.0 Å². The number of aromatic amines is 1. The highest BCUT2D eigenvalue weighted by Crippen LogP contribution is 2.36. The van der Waals surface area contributed by atoms with Gasteiger partial charge in [-0.05, 0) is 75.6 Å². The number of allylic oxidation sites excluding steroid dienone is 1. The molecule has 0 saturated carbocycles. The van der Waals surface area contributed by atoms with Crippen LogP contribution >= 0.6 is 0 Å². The van der Waals surface area contributed by atoms with E-state index in [0.29, 0.717) is 57.1 Å². The summed E-state index contributed by atoms with van der Waals surface area (Å²) >= 11 is 0. The standard InChI is InChI=1S/C31H30FN5O5/c1-17-22(23-14-21(41-4)15-25(32)28(23)34-17)16-27-29(38)24-13-20(9-10-26(24)42-27)36-31(40)35-19-7-5-18(6-8-19)30(39)33-11-12-37(2)3/h5-10,13-16,34H,11-12H2,1-4H3,(H,33,39)(H2,35,36,40)/b27-16-. The predicted octanol–water partition coefficient (Wildman–Crippen LogP) is 5.18. The van der Waals surface area contributed by atoms with E-state index in [4.69, 9.17) is 9.47 Å². The Morgan fingerprint density at radius 2 is 1.76 bits per heavy atom. The van der Waals surface area contributed by atoms with Gasteiger partial charge in [0.05, 0.1) is 18.2 Å². The number of nitrogens with one attached hydrogen (secondary N) is 4. The lowest BCUT2D eigenvalue weighted by atomic mass is 10.1. The summed E-state index contributed by atoms with van der Waals surface area (Å²) in [5.74, 6) is -0.261. The number of hydrogen-bond donors (Lipinski definition) is 4. The fraction of sp³-hybridized carbons (Fsp3) is 0.194. The lowest BCUT2D eigenvalue weighted by Gasteiger charge is -2.11. The molecule has 4 aromatic rings. The van der Waals surface area contributed by atoms with Crippen LogP contribution in [0.15, 0.2) is 60.4 Å². The Balaban J connectivity index is 1.26. The van der Waals surface area contributed by atoms with Gasteiger partial charge in [0.2, 0.25) is 5.78 Å². The summed E-state index contributed by atoms with van der Waals surface area (Å²) in [6, 6.07) is 13.7. The Hall–Kier alpha value is -5.16. The van der Waals surface area contributed by atoms with Crippen LogP contribution in [0.2, 0.25) is 0 Å². The van der Waals surface area contributed by atoms with Crippen LogP contribution < -0.4 is 25.4 Å². The van der Waals surface area contributed by atoms with Gasteiger partial charge in [0, 0.05) is 52.7 Å². The number of likely N-dealkylation sites (N-methyl/N-ethyl adjacent to an activating group) is 1. The highest BCUT2D eigenvalue weighted by molar-refractivity contribution is 6.16. The van der Waals surface area contributed by atoms with Crippen molar-refractivity contribution in [3.63, 3.8) is 0 Å². The number of methoxy groups -OCH3 is 1. The molecule has 0 aliphatic carbocycles. The maximum atomic E-state index is 14.5. The van der Waals surface area contributed by atoms with E-state index in [1.54, 1.807) is 55.5 Å². The van der Waals surface area contributed by atoms with Crippen LogP contribution in [0.4, 0.5) is 20.6 Å². The Morgan fingerprint density at radius 3 is 2.48 bits per heavy atom. The molecule has 10 nitrogen and oxygen atoms in total. The number of Topliss-reactive ketones (excluding diaryl/α,β-unsaturated/α-hetero) is 1. The number of fused-ring (bicyclic) bond motifs is 2. The van der Waals surface area contributed by atoms with Gasteiger partial charge in [0.1, 0.15) is 11.5 Å². The molecule has 0 unspecified atom stereocenters. The first kappa shape index (κ1) is 28.4. The summed E-state index contributed by atoms with van der Waals surface area (Å²) < 4.78 is 25.6. The Bertz CT molecular complexity index is 1730. The van der Waals surface area contributed by atoms with E-state index < -0.39 is 11.8 Å². The molecule has 3 aromatic carbocycles. The number of halogens is 1. The molecular weight excluding hydrogens is 541 g/mol. The van der Waals surface area contributed by atoms with E-state index in [2.05, 4.69) is 20.9 Å². The Kier molecular flexibility index (Phi) is 7.94. The molecule has 0 radical (unpaired) electrons. The average molecular weight is 572 g/mol. The van der Waals surface area contributed by atoms with Crippen molar-refractivity contribution < 1.29 is 28.2 Å². The van der Waals surface area contributed by atoms with Gasteiger partial charge < -0.3 is 35.3 Å². The monoisotopic (exact) mass is 571 g/mol. The summed E-state index contributed by atoms with van der Waals surface area (Å²) in [7, 11) is 5.31. The molecule has 2 heterocycles. The molecule has 3 amide bonds. The van der Waals surface area contributed by atoms with Crippen molar-refractivity contribution in [3.05, 3.63) is 88.6 Å². The number of aryl methyl sites for hydroxylation is 1. The normalized spacial score (nSPS) is 13.3. The molecule has 0 atom stereocenters. The first-order chi connectivity index (χ1) is 20.1. The number of rotatable bonds is 8. The summed E-state index contributed by atoms with van der Waals surface area (Å²) in [6.45, 7) is 3.03. The first-order valence-corrected chi connectivity index (χ1v) is 13.2. The van der Waals surface area contributed by atoms with Gasteiger partial charge in [-0.3, -0.25) is 9.59 Å². The SMILES string of the molecule is COc1cc(F)c2[nH]c(C)c(/C=C3\Oc4ccc(NC(=O)Nc5ccc(C(=O)NCCN(C)C)cc5)cc4C3=O)c2c1. The number of nitrogens with zero attached hydrogens (tertiary/aromatic N) is 1. The highest BCUT2D eigenvalue weighted by atomic mass is 19.1. The molecule has 4 N–H and O–H groups in total. The molecule has 42 heavy (non-hydrogen) atoms. The van der Waals surface area contributed by atoms with Crippen LogP contribution in [0, 0.1) is 12.7 Å². The number of ketones is 1. The second-order valence-corrected chi connectivity index (χ2v) is 10.1. The molecule has 1 aromatic heterocycles. The van der Waals surface area contributed by atoms with Gasteiger partial charge in [-0.1, -0.05) is 0 Å². The fourth-order valence-corrected chi connectivity index (χ4v) is 4.57. The lowest BCUT2D eigenvalue weighted by molar-refractivity contribution is 0.0950. The third kappa shape index (κ3) is 5.96. The molecule has 11 heteroatoms. The molecule has 1 aliphatic rings. The zero-order chi connectivity index (χ0) is 30.0. The first-order valence-electron chi connectivity index (χ1n) is 13.2. The van der Waals surface area contributed by atoms with Gasteiger partial charge in [-0.2, -0.15) is 0 Å².